The average Bonchev–Trinajstić information content (AvgIpc) is 2.50. The minimum absolute atomic E-state index is 0.138. The monoisotopic (exact) mass is 237 g/mol. The van der Waals surface area contributed by atoms with E-state index in [9.17, 15) is 8.78 Å². The number of nitrogens with two attached hydrogens (primary N) is 1. The van der Waals surface area contributed by atoms with E-state index in [0.29, 0.717) is 11.7 Å². The molecule has 1 rings (SSSR count). The van der Waals surface area contributed by atoms with Crippen LogP contribution in [-0.2, 0) is 6.54 Å². The Labute approximate surface area is 90.3 Å². The van der Waals surface area contributed by atoms with Crippen LogP contribution in [-0.4, -0.2) is 41.1 Å². The molecule has 0 unspecified atom stereocenters. The van der Waals surface area contributed by atoms with Gasteiger partial charge in [-0.05, 0) is 0 Å². The van der Waals surface area contributed by atoms with Gasteiger partial charge < -0.3 is 10.8 Å². The normalized spacial score (nSPS) is 11.5. The van der Waals surface area contributed by atoms with Crippen molar-refractivity contribution in [2.24, 2.45) is 0 Å². The Bertz CT molecular complexity index is 295. The summed E-state index contributed by atoms with van der Waals surface area (Å²) < 4.78 is 24.3. The van der Waals surface area contributed by atoms with E-state index in [2.05, 4.69) is 4.98 Å². The van der Waals surface area contributed by atoms with Crippen molar-refractivity contribution in [1.29, 1.82) is 0 Å². The van der Waals surface area contributed by atoms with Crippen LogP contribution in [0, 0.1) is 0 Å². The van der Waals surface area contributed by atoms with E-state index in [-0.39, 0.29) is 19.7 Å². The van der Waals surface area contributed by atoms with Crippen molar-refractivity contribution < 1.29 is 13.9 Å². The highest BCUT2D eigenvalue weighted by Gasteiger charge is 2.13. The number of halogens is 2. The quantitative estimate of drug-likeness (QED) is 0.767. The summed E-state index contributed by atoms with van der Waals surface area (Å²) in [5, 5.41) is 9.13. The number of hydrogen-bond donors (Lipinski definition) is 2. The Morgan fingerprint density at radius 2 is 2.33 bits per heavy atom. The molecule has 0 saturated heterocycles. The number of aliphatic hydroxyl groups excluding tert-OH is 1. The molecule has 1 aromatic heterocycles. The van der Waals surface area contributed by atoms with E-state index >= 15 is 0 Å². The van der Waals surface area contributed by atoms with Crippen molar-refractivity contribution in [2.75, 3.05) is 25.4 Å². The topological polar surface area (TPSA) is 62.4 Å². The molecule has 0 spiro atoms. The van der Waals surface area contributed by atoms with Gasteiger partial charge in [0.1, 0.15) is 0 Å². The first-order valence-corrected chi connectivity index (χ1v) is 5.25. The molecule has 4 nitrogen and oxygen atoms in total. The first-order chi connectivity index (χ1) is 7.11. The molecule has 0 aromatic carbocycles. The molecule has 0 fully saturated rings. The first-order valence-electron chi connectivity index (χ1n) is 4.43. The predicted molar refractivity (Wildman–Crippen MR) is 54.9 cm³/mol. The molecule has 0 amide bonds. The summed E-state index contributed by atoms with van der Waals surface area (Å²) in [6.07, 6.45) is -0.836. The summed E-state index contributed by atoms with van der Waals surface area (Å²) in [7, 11) is 0. The van der Waals surface area contributed by atoms with Crippen molar-refractivity contribution in [3.8, 4) is 0 Å². The lowest BCUT2D eigenvalue weighted by molar-refractivity contribution is 0.0751. The third kappa shape index (κ3) is 4.50. The van der Waals surface area contributed by atoms with Gasteiger partial charge in [-0.15, -0.1) is 11.3 Å². The minimum atomic E-state index is -2.40. The Kier molecular flexibility index (Phi) is 4.86. The number of nitrogen functional groups attached to an aromatic ring is 1. The van der Waals surface area contributed by atoms with Crippen LogP contribution in [0.3, 0.4) is 0 Å². The fourth-order valence-corrected chi connectivity index (χ4v) is 1.91. The third-order valence-electron chi connectivity index (χ3n) is 1.76. The third-order valence-corrected chi connectivity index (χ3v) is 2.57. The van der Waals surface area contributed by atoms with E-state index < -0.39 is 6.43 Å². The van der Waals surface area contributed by atoms with Gasteiger partial charge in [0.25, 0.3) is 6.43 Å². The van der Waals surface area contributed by atoms with Gasteiger partial charge in [0, 0.05) is 24.2 Å². The summed E-state index contributed by atoms with van der Waals surface area (Å²) in [6.45, 7) is 0.0846. The fourth-order valence-electron chi connectivity index (χ4n) is 1.19. The van der Waals surface area contributed by atoms with Gasteiger partial charge in [0.2, 0.25) is 0 Å². The summed E-state index contributed by atoms with van der Waals surface area (Å²) in [6, 6.07) is 0. The highest BCUT2D eigenvalue weighted by atomic mass is 32.1. The molecule has 1 heterocycles. The number of hydrogen-bond acceptors (Lipinski definition) is 5. The van der Waals surface area contributed by atoms with Crippen LogP contribution >= 0.6 is 11.3 Å². The molecular weight excluding hydrogens is 224 g/mol. The second-order valence-corrected chi connectivity index (χ2v) is 4.16. The maximum Gasteiger partial charge on any atom is 0.251 e. The SMILES string of the molecule is Nc1ncc(CN(CCO)CC(F)F)s1. The van der Waals surface area contributed by atoms with Crippen molar-refractivity contribution >= 4 is 16.5 Å². The zero-order valence-electron chi connectivity index (χ0n) is 8.07. The van der Waals surface area contributed by atoms with Crippen molar-refractivity contribution in [3.63, 3.8) is 0 Å². The molecule has 15 heavy (non-hydrogen) atoms. The summed E-state index contributed by atoms with van der Waals surface area (Å²) in [5.74, 6) is 0. The Morgan fingerprint density at radius 1 is 1.60 bits per heavy atom. The second kappa shape index (κ2) is 5.94. The second-order valence-electron chi connectivity index (χ2n) is 3.01. The lowest BCUT2D eigenvalue weighted by Crippen LogP contribution is -2.30. The minimum Gasteiger partial charge on any atom is -0.395 e. The molecular formula is C8H13F2N3OS. The van der Waals surface area contributed by atoms with Crippen molar-refractivity contribution in [3.05, 3.63) is 11.1 Å². The number of anilines is 1. The van der Waals surface area contributed by atoms with Gasteiger partial charge in [-0.3, -0.25) is 4.90 Å². The number of aliphatic hydroxyl groups is 1. The molecule has 0 atom stereocenters. The van der Waals surface area contributed by atoms with E-state index in [1.54, 1.807) is 6.20 Å². The van der Waals surface area contributed by atoms with Crippen LogP contribution in [0.1, 0.15) is 4.88 Å². The molecule has 1 aromatic rings. The fraction of sp³-hybridized carbons (Fsp3) is 0.625. The molecule has 0 aliphatic carbocycles. The van der Waals surface area contributed by atoms with Crippen molar-refractivity contribution in [2.45, 2.75) is 13.0 Å². The van der Waals surface area contributed by atoms with Gasteiger partial charge in [-0.1, -0.05) is 0 Å². The van der Waals surface area contributed by atoms with E-state index in [1.807, 2.05) is 0 Å². The van der Waals surface area contributed by atoms with E-state index in [4.69, 9.17) is 10.8 Å². The maximum atomic E-state index is 12.2. The van der Waals surface area contributed by atoms with Gasteiger partial charge in [-0.2, -0.15) is 0 Å². The molecule has 0 bridgehead atoms. The zero-order valence-corrected chi connectivity index (χ0v) is 8.88. The van der Waals surface area contributed by atoms with Crippen LogP contribution in [0.4, 0.5) is 13.9 Å². The molecule has 7 heteroatoms. The highest BCUT2D eigenvalue weighted by molar-refractivity contribution is 7.15. The van der Waals surface area contributed by atoms with Crippen LogP contribution in [0.25, 0.3) is 0 Å². The van der Waals surface area contributed by atoms with E-state index in [0.717, 1.165) is 4.88 Å². The van der Waals surface area contributed by atoms with Gasteiger partial charge in [0.05, 0.1) is 13.2 Å². The van der Waals surface area contributed by atoms with Gasteiger partial charge in [-0.25, -0.2) is 13.8 Å². The van der Waals surface area contributed by atoms with Crippen LogP contribution < -0.4 is 5.73 Å². The Morgan fingerprint density at radius 3 is 2.80 bits per heavy atom. The van der Waals surface area contributed by atoms with Gasteiger partial charge in [0.15, 0.2) is 5.13 Å². The smallest absolute Gasteiger partial charge is 0.251 e. The van der Waals surface area contributed by atoms with Crippen LogP contribution in [0.15, 0.2) is 6.20 Å². The Hall–Kier alpha value is -0.790. The maximum absolute atomic E-state index is 12.2. The molecule has 3 N–H and O–H groups in total. The lowest BCUT2D eigenvalue weighted by atomic mass is 10.4. The van der Waals surface area contributed by atoms with E-state index in [1.165, 1.54) is 16.2 Å². The highest BCUT2D eigenvalue weighted by Crippen LogP contribution is 2.16. The number of nitrogens with zero attached hydrogens (tertiary/aromatic N) is 2. The number of rotatable bonds is 6. The predicted octanol–water partition coefficient (Wildman–Crippen LogP) is 0.785. The van der Waals surface area contributed by atoms with Crippen LogP contribution in [0.5, 0.6) is 0 Å². The number of alkyl halides is 2. The largest absolute Gasteiger partial charge is 0.395 e. The Balaban J connectivity index is 2.50. The van der Waals surface area contributed by atoms with Gasteiger partial charge >= 0.3 is 0 Å². The number of aromatic nitrogens is 1. The molecule has 0 radical (unpaired) electrons. The summed E-state index contributed by atoms with van der Waals surface area (Å²) in [5.41, 5.74) is 5.42. The summed E-state index contributed by atoms with van der Waals surface area (Å²) >= 11 is 1.27. The summed E-state index contributed by atoms with van der Waals surface area (Å²) in [4.78, 5) is 6.12. The lowest BCUT2D eigenvalue weighted by Gasteiger charge is -2.19. The standard InChI is InChI=1S/C8H13F2N3OS/c9-7(10)5-13(1-2-14)4-6-3-12-8(11)15-6/h3,7,14H,1-2,4-5H2,(H2,11,12). The molecule has 86 valence electrons. The first kappa shape index (κ1) is 12.3. The van der Waals surface area contributed by atoms with Crippen LogP contribution in [0.2, 0.25) is 0 Å². The molecule has 0 aliphatic heterocycles. The molecule has 0 aliphatic rings. The zero-order chi connectivity index (χ0) is 11.3. The van der Waals surface area contributed by atoms with Crippen molar-refractivity contribution in [1.82, 2.24) is 9.88 Å². The molecule has 0 saturated carbocycles. The number of thiazole rings is 1. The average molecular weight is 237 g/mol.